The van der Waals surface area contributed by atoms with E-state index >= 15 is 0 Å². The molecule has 2 aliphatic rings. The van der Waals surface area contributed by atoms with Crippen LogP contribution in [0, 0.1) is 0 Å². The van der Waals surface area contributed by atoms with Gasteiger partial charge in [-0.2, -0.15) is 23.5 Å². The van der Waals surface area contributed by atoms with E-state index in [9.17, 15) is 9.59 Å². The molecule has 2 rings (SSSR count). The van der Waals surface area contributed by atoms with Crippen LogP contribution in [0.3, 0.4) is 0 Å². The molecule has 5 heteroatoms. The van der Waals surface area contributed by atoms with Crippen LogP contribution < -0.4 is 0 Å². The molecule has 1 amide bonds. The molecule has 2 fully saturated rings. The van der Waals surface area contributed by atoms with Gasteiger partial charge in [0.15, 0.2) is 0 Å². The summed E-state index contributed by atoms with van der Waals surface area (Å²) < 4.78 is 0. The normalized spacial score (nSPS) is 28.6. The van der Waals surface area contributed by atoms with Gasteiger partial charge in [-0.3, -0.25) is 9.59 Å². The quantitative estimate of drug-likeness (QED) is 0.654. The summed E-state index contributed by atoms with van der Waals surface area (Å²) in [7, 11) is 0. The summed E-state index contributed by atoms with van der Waals surface area (Å²) in [6.45, 7) is 1.40. The number of rotatable bonds is 2. The van der Waals surface area contributed by atoms with Crippen molar-refractivity contribution in [2.75, 3.05) is 30.3 Å². The Kier molecular flexibility index (Phi) is 3.38. The van der Waals surface area contributed by atoms with Crippen molar-refractivity contribution in [3.8, 4) is 0 Å². The van der Waals surface area contributed by atoms with E-state index in [0.717, 1.165) is 12.3 Å². The van der Waals surface area contributed by atoms with E-state index in [4.69, 9.17) is 0 Å². The van der Waals surface area contributed by atoms with Crippen molar-refractivity contribution in [2.45, 2.75) is 11.7 Å². The predicted octanol–water partition coefficient (Wildman–Crippen LogP) is 0.636. The van der Waals surface area contributed by atoms with Crippen molar-refractivity contribution >= 4 is 35.2 Å². The average molecular weight is 231 g/mol. The Labute approximate surface area is 92.0 Å². The van der Waals surface area contributed by atoms with Gasteiger partial charge in [0.1, 0.15) is 0 Å². The van der Waals surface area contributed by atoms with Gasteiger partial charge in [0.25, 0.3) is 5.91 Å². The number of nitrogens with zero attached hydrogens (tertiary/aromatic N) is 1. The third-order valence-corrected chi connectivity index (χ3v) is 5.27. The topological polar surface area (TPSA) is 37.4 Å². The van der Waals surface area contributed by atoms with E-state index in [1.54, 1.807) is 4.90 Å². The van der Waals surface area contributed by atoms with Gasteiger partial charge < -0.3 is 4.90 Å². The van der Waals surface area contributed by atoms with Crippen LogP contribution in [0.2, 0.25) is 0 Å². The third-order valence-electron chi connectivity index (χ3n) is 2.44. The van der Waals surface area contributed by atoms with E-state index in [-0.39, 0.29) is 11.7 Å². The first kappa shape index (κ1) is 10.4. The average Bonchev–Trinajstić information content (AvgIpc) is 2.52. The zero-order chi connectivity index (χ0) is 9.97. The van der Waals surface area contributed by atoms with E-state index < -0.39 is 0 Å². The van der Waals surface area contributed by atoms with Crippen LogP contribution in [0.25, 0.3) is 0 Å². The van der Waals surface area contributed by atoms with E-state index in [1.165, 1.54) is 11.5 Å². The highest BCUT2D eigenvalue weighted by molar-refractivity contribution is 8.06. The van der Waals surface area contributed by atoms with Crippen LogP contribution in [0.1, 0.15) is 6.42 Å². The molecule has 0 aromatic carbocycles. The highest BCUT2D eigenvalue weighted by Gasteiger charge is 2.31. The Balaban J connectivity index is 1.85. The van der Waals surface area contributed by atoms with Crippen LogP contribution in [-0.2, 0) is 9.59 Å². The molecule has 0 bridgehead atoms. The fourth-order valence-electron chi connectivity index (χ4n) is 1.68. The summed E-state index contributed by atoms with van der Waals surface area (Å²) in [6.07, 6.45) is 0.420. The standard InChI is InChI=1S/C9H13NO2S2/c11-8-1-2-10(9(8)12)5-7-6-13-3-4-14-7/h7H,1-6H2. The van der Waals surface area contributed by atoms with E-state index in [2.05, 4.69) is 0 Å². The lowest BCUT2D eigenvalue weighted by Gasteiger charge is -2.25. The summed E-state index contributed by atoms with van der Waals surface area (Å²) in [4.78, 5) is 24.1. The molecule has 0 aromatic heterocycles. The molecule has 0 aromatic rings. The first-order valence-electron chi connectivity index (χ1n) is 4.79. The van der Waals surface area contributed by atoms with Crippen molar-refractivity contribution in [1.29, 1.82) is 0 Å². The zero-order valence-electron chi connectivity index (χ0n) is 7.90. The number of amides is 1. The van der Waals surface area contributed by atoms with Crippen molar-refractivity contribution in [1.82, 2.24) is 4.90 Å². The van der Waals surface area contributed by atoms with E-state index in [0.29, 0.717) is 18.2 Å². The summed E-state index contributed by atoms with van der Waals surface area (Å²) in [5.41, 5.74) is 0. The first-order valence-corrected chi connectivity index (χ1v) is 6.99. The highest BCUT2D eigenvalue weighted by Crippen LogP contribution is 2.25. The Bertz CT molecular complexity index is 251. The van der Waals surface area contributed by atoms with Crippen molar-refractivity contribution in [3.63, 3.8) is 0 Å². The van der Waals surface area contributed by atoms with Gasteiger partial charge >= 0.3 is 0 Å². The Hall–Kier alpha value is -0.160. The van der Waals surface area contributed by atoms with Crippen molar-refractivity contribution in [3.05, 3.63) is 0 Å². The van der Waals surface area contributed by atoms with Crippen LogP contribution in [0.5, 0.6) is 0 Å². The number of carbonyl (C=O) groups is 2. The number of hydrogen-bond acceptors (Lipinski definition) is 4. The zero-order valence-corrected chi connectivity index (χ0v) is 9.53. The Morgan fingerprint density at radius 1 is 1.36 bits per heavy atom. The molecule has 0 N–H and O–H groups in total. The second kappa shape index (κ2) is 4.57. The predicted molar refractivity (Wildman–Crippen MR) is 59.8 cm³/mol. The fourth-order valence-corrected chi connectivity index (χ4v) is 4.37. The van der Waals surface area contributed by atoms with Crippen LogP contribution in [-0.4, -0.2) is 52.2 Å². The molecule has 78 valence electrons. The molecule has 0 spiro atoms. The van der Waals surface area contributed by atoms with Crippen LogP contribution in [0.4, 0.5) is 0 Å². The summed E-state index contributed by atoms with van der Waals surface area (Å²) in [6, 6.07) is 0. The number of carbonyl (C=O) groups excluding carboxylic acids is 2. The number of hydrogen-bond donors (Lipinski definition) is 0. The fraction of sp³-hybridized carbons (Fsp3) is 0.778. The highest BCUT2D eigenvalue weighted by atomic mass is 32.2. The minimum absolute atomic E-state index is 0.210. The lowest BCUT2D eigenvalue weighted by atomic mass is 10.3. The summed E-state index contributed by atoms with van der Waals surface area (Å²) in [5, 5.41) is 0.531. The van der Waals surface area contributed by atoms with Gasteiger partial charge in [0.05, 0.1) is 0 Å². The molecule has 1 atom stereocenters. The van der Waals surface area contributed by atoms with Crippen LogP contribution >= 0.6 is 23.5 Å². The molecule has 0 radical (unpaired) electrons. The third kappa shape index (κ3) is 2.25. The molecule has 2 aliphatic heterocycles. The smallest absolute Gasteiger partial charge is 0.290 e. The van der Waals surface area contributed by atoms with Crippen molar-refractivity contribution < 1.29 is 9.59 Å². The first-order chi connectivity index (χ1) is 6.77. The van der Waals surface area contributed by atoms with Gasteiger partial charge in [-0.25, -0.2) is 0 Å². The molecular weight excluding hydrogens is 218 g/mol. The second-order valence-electron chi connectivity index (χ2n) is 3.49. The SMILES string of the molecule is O=C1CCN(CC2CSCCS2)C1=O. The molecule has 3 nitrogen and oxygen atoms in total. The maximum Gasteiger partial charge on any atom is 0.290 e. The van der Waals surface area contributed by atoms with Gasteiger partial charge in [0, 0.05) is 42.0 Å². The second-order valence-corrected chi connectivity index (χ2v) is 6.05. The lowest BCUT2D eigenvalue weighted by Crippen LogP contribution is -2.35. The van der Waals surface area contributed by atoms with Gasteiger partial charge in [-0.1, -0.05) is 0 Å². The molecule has 2 heterocycles. The molecule has 1 unspecified atom stereocenters. The van der Waals surface area contributed by atoms with Gasteiger partial charge in [-0.05, 0) is 0 Å². The molecule has 2 saturated heterocycles. The Morgan fingerprint density at radius 2 is 2.21 bits per heavy atom. The maximum absolute atomic E-state index is 11.3. The monoisotopic (exact) mass is 231 g/mol. The molecule has 0 aliphatic carbocycles. The molecule has 14 heavy (non-hydrogen) atoms. The lowest BCUT2D eigenvalue weighted by molar-refractivity contribution is -0.139. The number of likely N-dealkylation sites (tertiary alicyclic amines) is 1. The number of thioether (sulfide) groups is 2. The van der Waals surface area contributed by atoms with Gasteiger partial charge in [-0.15, -0.1) is 0 Å². The maximum atomic E-state index is 11.3. The summed E-state index contributed by atoms with van der Waals surface area (Å²) >= 11 is 3.87. The minimum Gasteiger partial charge on any atom is -0.335 e. The van der Waals surface area contributed by atoms with Crippen LogP contribution in [0.15, 0.2) is 0 Å². The van der Waals surface area contributed by atoms with Crippen molar-refractivity contribution in [2.24, 2.45) is 0 Å². The Morgan fingerprint density at radius 3 is 2.79 bits per heavy atom. The van der Waals surface area contributed by atoms with E-state index in [1.807, 2.05) is 23.5 Å². The number of ketones is 1. The summed E-state index contributed by atoms with van der Waals surface area (Å²) in [5.74, 6) is 3.03. The molecular formula is C9H13NO2S2. The minimum atomic E-state index is -0.263. The van der Waals surface area contributed by atoms with Gasteiger partial charge in [0.2, 0.25) is 5.78 Å². The largest absolute Gasteiger partial charge is 0.335 e. The number of Topliss-reactive ketones (excluding diaryl/α,β-unsaturated/α-hetero) is 1. The molecule has 0 saturated carbocycles.